The van der Waals surface area contributed by atoms with Crippen LogP contribution in [-0.4, -0.2) is 31.0 Å². The smallest absolute Gasteiger partial charge is 0.308 e. The van der Waals surface area contributed by atoms with Crippen molar-refractivity contribution in [2.45, 2.75) is 38.5 Å². The largest absolute Gasteiger partial charge is 0.427 e. The molecule has 3 nitrogen and oxygen atoms in total. The number of ether oxygens (including phenoxy) is 1. The number of carbonyl (C=O) groups is 1. The highest BCUT2D eigenvalue weighted by atomic mass is 16.5. The summed E-state index contributed by atoms with van der Waals surface area (Å²) >= 11 is 0. The van der Waals surface area contributed by atoms with Gasteiger partial charge in [0.2, 0.25) is 0 Å². The van der Waals surface area contributed by atoms with Crippen LogP contribution in [0, 0.1) is 0 Å². The fourth-order valence-electron chi connectivity index (χ4n) is 3.20. The molecule has 104 valence electrons. The van der Waals surface area contributed by atoms with Gasteiger partial charge < -0.3 is 9.64 Å². The maximum Gasteiger partial charge on any atom is 0.308 e. The van der Waals surface area contributed by atoms with Gasteiger partial charge in [0.15, 0.2) is 0 Å². The molecule has 2 rings (SSSR count). The molecule has 0 amide bonds. The van der Waals surface area contributed by atoms with Gasteiger partial charge in [-0.15, -0.1) is 0 Å². The van der Waals surface area contributed by atoms with Crippen molar-refractivity contribution in [3.05, 3.63) is 29.8 Å². The van der Waals surface area contributed by atoms with Gasteiger partial charge in [0.05, 0.1) is 0 Å². The van der Waals surface area contributed by atoms with Crippen molar-refractivity contribution in [1.29, 1.82) is 0 Å². The predicted octanol–water partition coefficient (Wildman–Crippen LogP) is 2.99. The molecular weight excluding hydrogens is 238 g/mol. The van der Waals surface area contributed by atoms with Crippen LogP contribution in [-0.2, 0) is 10.2 Å². The Morgan fingerprint density at radius 3 is 2.84 bits per heavy atom. The average Bonchev–Trinajstić information content (AvgIpc) is 2.72. The number of carbonyl (C=O) groups excluding carboxylic acids is 1. The number of hydrogen-bond donors (Lipinski definition) is 0. The van der Waals surface area contributed by atoms with Gasteiger partial charge in [-0.05, 0) is 44.1 Å². The SMILES string of the molecule is CCCC1(c2cccc(OC(C)=O)c2)CCN(C)C1. The molecule has 19 heavy (non-hydrogen) atoms. The molecule has 1 unspecified atom stereocenters. The van der Waals surface area contributed by atoms with Gasteiger partial charge in [-0.3, -0.25) is 4.79 Å². The quantitative estimate of drug-likeness (QED) is 0.616. The Kier molecular flexibility index (Phi) is 4.25. The number of likely N-dealkylation sites (tertiary alicyclic amines) is 1. The van der Waals surface area contributed by atoms with Gasteiger partial charge in [-0.1, -0.05) is 25.5 Å². The predicted molar refractivity (Wildman–Crippen MR) is 76.5 cm³/mol. The highest BCUT2D eigenvalue weighted by Crippen LogP contribution is 2.39. The maximum absolute atomic E-state index is 11.1. The van der Waals surface area contributed by atoms with E-state index >= 15 is 0 Å². The minimum absolute atomic E-state index is 0.222. The lowest BCUT2D eigenvalue weighted by atomic mass is 9.76. The minimum Gasteiger partial charge on any atom is -0.427 e. The third kappa shape index (κ3) is 3.16. The highest BCUT2D eigenvalue weighted by molar-refractivity contribution is 5.69. The molecule has 0 saturated carbocycles. The van der Waals surface area contributed by atoms with Gasteiger partial charge >= 0.3 is 5.97 Å². The number of benzene rings is 1. The zero-order chi connectivity index (χ0) is 13.9. The van der Waals surface area contributed by atoms with Crippen LogP contribution in [0.4, 0.5) is 0 Å². The standard InChI is InChI=1S/C16H23NO2/c1-4-8-16(9-10-17(3)12-16)14-6-5-7-15(11-14)19-13(2)18/h5-7,11H,4,8-10,12H2,1-3H3. The summed E-state index contributed by atoms with van der Waals surface area (Å²) in [6, 6.07) is 8.05. The molecule has 1 aromatic carbocycles. The number of esters is 1. The van der Waals surface area contributed by atoms with Crippen LogP contribution in [0.3, 0.4) is 0 Å². The molecule has 1 aliphatic heterocycles. The topological polar surface area (TPSA) is 29.5 Å². The Morgan fingerprint density at radius 1 is 1.47 bits per heavy atom. The first-order chi connectivity index (χ1) is 9.05. The van der Waals surface area contributed by atoms with Crippen molar-refractivity contribution in [1.82, 2.24) is 4.90 Å². The van der Waals surface area contributed by atoms with Crippen molar-refractivity contribution >= 4 is 5.97 Å². The Balaban J connectivity index is 2.29. The van der Waals surface area contributed by atoms with E-state index in [0.717, 1.165) is 13.1 Å². The van der Waals surface area contributed by atoms with Crippen LogP contribution in [0.2, 0.25) is 0 Å². The zero-order valence-corrected chi connectivity index (χ0v) is 12.1. The Labute approximate surface area is 115 Å². The molecule has 0 aliphatic carbocycles. The summed E-state index contributed by atoms with van der Waals surface area (Å²) in [6.45, 7) is 5.90. The van der Waals surface area contributed by atoms with Crippen molar-refractivity contribution < 1.29 is 9.53 Å². The van der Waals surface area contributed by atoms with E-state index in [0.29, 0.717) is 5.75 Å². The van der Waals surface area contributed by atoms with Gasteiger partial charge in [-0.2, -0.15) is 0 Å². The first-order valence-electron chi connectivity index (χ1n) is 7.03. The van der Waals surface area contributed by atoms with E-state index in [1.54, 1.807) is 0 Å². The normalized spacial score (nSPS) is 23.5. The first-order valence-corrected chi connectivity index (χ1v) is 7.03. The van der Waals surface area contributed by atoms with E-state index in [4.69, 9.17) is 4.74 Å². The Morgan fingerprint density at radius 2 is 2.26 bits per heavy atom. The zero-order valence-electron chi connectivity index (χ0n) is 12.1. The molecule has 0 N–H and O–H groups in total. The molecule has 1 aliphatic rings. The summed E-state index contributed by atoms with van der Waals surface area (Å²) in [5, 5.41) is 0. The van der Waals surface area contributed by atoms with Gasteiger partial charge in [0.25, 0.3) is 0 Å². The molecular formula is C16H23NO2. The molecule has 1 aromatic rings. The lowest BCUT2D eigenvalue weighted by molar-refractivity contribution is -0.131. The molecule has 1 heterocycles. The van der Waals surface area contributed by atoms with Crippen molar-refractivity contribution in [2.24, 2.45) is 0 Å². The van der Waals surface area contributed by atoms with E-state index in [-0.39, 0.29) is 11.4 Å². The molecule has 3 heteroatoms. The van der Waals surface area contributed by atoms with Crippen LogP contribution < -0.4 is 4.74 Å². The van der Waals surface area contributed by atoms with Crippen molar-refractivity contribution in [2.75, 3.05) is 20.1 Å². The van der Waals surface area contributed by atoms with Gasteiger partial charge in [-0.25, -0.2) is 0 Å². The third-order valence-electron chi connectivity index (χ3n) is 3.98. The number of hydrogen-bond acceptors (Lipinski definition) is 3. The fourth-order valence-corrected chi connectivity index (χ4v) is 3.20. The maximum atomic E-state index is 11.1. The second-order valence-corrected chi connectivity index (χ2v) is 5.64. The van der Waals surface area contributed by atoms with Crippen LogP contribution in [0.1, 0.15) is 38.7 Å². The monoisotopic (exact) mass is 261 g/mol. The van der Waals surface area contributed by atoms with E-state index in [1.165, 1.54) is 31.7 Å². The summed E-state index contributed by atoms with van der Waals surface area (Å²) < 4.78 is 5.21. The summed E-state index contributed by atoms with van der Waals surface area (Å²) in [5.41, 5.74) is 1.53. The summed E-state index contributed by atoms with van der Waals surface area (Å²) in [6.07, 6.45) is 3.54. The van der Waals surface area contributed by atoms with E-state index in [2.05, 4.69) is 24.9 Å². The highest BCUT2D eigenvalue weighted by Gasteiger charge is 2.37. The lowest BCUT2D eigenvalue weighted by Crippen LogP contribution is -2.29. The summed E-state index contributed by atoms with van der Waals surface area (Å²) in [7, 11) is 2.17. The average molecular weight is 261 g/mol. The molecule has 0 radical (unpaired) electrons. The van der Waals surface area contributed by atoms with Crippen LogP contribution in [0.5, 0.6) is 5.75 Å². The van der Waals surface area contributed by atoms with Crippen LogP contribution >= 0.6 is 0 Å². The number of likely N-dealkylation sites (N-methyl/N-ethyl adjacent to an activating group) is 1. The van der Waals surface area contributed by atoms with Crippen LogP contribution in [0.15, 0.2) is 24.3 Å². The molecule has 0 bridgehead atoms. The Hall–Kier alpha value is -1.35. The Bertz CT molecular complexity index is 454. The van der Waals surface area contributed by atoms with E-state index in [9.17, 15) is 4.79 Å². The number of rotatable bonds is 4. The van der Waals surface area contributed by atoms with Crippen molar-refractivity contribution in [3.8, 4) is 5.75 Å². The van der Waals surface area contributed by atoms with E-state index in [1.807, 2.05) is 18.2 Å². The number of nitrogens with zero attached hydrogens (tertiary/aromatic N) is 1. The molecule has 0 spiro atoms. The lowest BCUT2D eigenvalue weighted by Gasteiger charge is -2.29. The minimum atomic E-state index is -0.259. The first kappa shape index (κ1) is 14.1. The third-order valence-corrected chi connectivity index (χ3v) is 3.98. The fraction of sp³-hybridized carbons (Fsp3) is 0.562. The second kappa shape index (κ2) is 5.74. The molecule has 1 fully saturated rings. The van der Waals surface area contributed by atoms with Gasteiger partial charge in [0, 0.05) is 18.9 Å². The second-order valence-electron chi connectivity index (χ2n) is 5.64. The summed E-state index contributed by atoms with van der Waals surface area (Å²) in [4.78, 5) is 13.5. The molecule has 0 aromatic heterocycles. The molecule has 1 atom stereocenters. The summed E-state index contributed by atoms with van der Waals surface area (Å²) in [5.74, 6) is 0.403. The van der Waals surface area contributed by atoms with E-state index < -0.39 is 0 Å². The van der Waals surface area contributed by atoms with Gasteiger partial charge in [0.1, 0.15) is 5.75 Å². The van der Waals surface area contributed by atoms with Crippen LogP contribution in [0.25, 0.3) is 0 Å². The molecule has 1 saturated heterocycles. The van der Waals surface area contributed by atoms with Crippen molar-refractivity contribution in [3.63, 3.8) is 0 Å².